The van der Waals surface area contributed by atoms with Crippen LogP contribution in [0.2, 0.25) is 0 Å². The highest BCUT2D eigenvalue weighted by atomic mass is 16.5. The second kappa shape index (κ2) is 8.65. The van der Waals surface area contributed by atoms with Gasteiger partial charge in [0.25, 0.3) is 0 Å². The lowest BCUT2D eigenvalue weighted by Gasteiger charge is -2.24. The van der Waals surface area contributed by atoms with Gasteiger partial charge in [0.2, 0.25) is 0 Å². The fraction of sp³-hybridized carbons (Fsp3) is 0.929. The van der Waals surface area contributed by atoms with Crippen LogP contribution in [0.3, 0.4) is 0 Å². The van der Waals surface area contributed by atoms with Crippen molar-refractivity contribution in [2.45, 2.75) is 46.0 Å². The van der Waals surface area contributed by atoms with Crippen LogP contribution in [-0.4, -0.2) is 43.5 Å². The smallest absolute Gasteiger partial charge is 0.137 e. The lowest BCUT2D eigenvalue weighted by molar-refractivity contribution is -0.123. The molecule has 0 spiro atoms. The topological polar surface area (TPSA) is 29.5 Å². The predicted molar refractivity (Wildman–Crippen MR) is 70.2 cm³/mol. The van der Waals surface area contributed by atoms with Gasteiger partial charge in [-0.3, -0.25) is 4.79 Å². The lowest BCUT2D eigenvalue weighted by atomic mass is 9.98. The van der Waals surface area contributed by atoms with E-state index in [1.54, 1.807) is 0 Å². The molecule has 1 aliphatic carbocycles. The summed E-state index contributed by atoms with van der Waals surface area (Å²) in [5.74, 6) is 0.761. The summed E-state index contributed by atoms with van der Waals surface area (Å²) in [4.78, 5) is 14.3. The Balaban J connectivity index is 2.34. The molecule has 0 N–H and O–H groups in total. The Morgan fingerprint density at radius 1 is 1.29 bits per heavy atom. The van der Waals surface area contributed by atoms with Crippen LogP contribution in [0.25, 0.3) is 0 Å². The number of hydrogen-bond acceptors (Lipinski definition) is 3. The molecular weight excluding hydrogens is 214 g/mol. The molecule has 17 heavy (non-hydrogen) atoms. The highest BCUT2D eigenvalue weighted by Gasteiger charge is 2.22. The molecule has 0 aromatic heterocycles. The van der Waals surface area contributed by atoms with Crippen LogP contribution in [0.15, 0.2) is 0 Å². The van der Waals surface area contributed by atoms with Gasteiger partial charge < -0.3 is 9.64 Å². The van der Waals surface area contributed by atoms with Crippen molar-refractivity contribution < 1.29 is 9.53 Å². The van der Waals surface area contributed by atoms with Crippen molar-refractivity contribution in [2.24, 2.45) is 5.92 Å². The van der Waals surface area contributed by atoms with Crippen LogP contribution >= 0.6 is 0 Å². The molecule has 1 fully saturated rings. The van der Waals surface area contributed by atoms with Crippen LogP contribution in [0.1, 0.15) is 46.0 Å². The summed E-state index contributed by atoms with van der Waals surface area (Å²) in [7, 11) is 0. The van der Waals surface area contributed by atoms with E-state index in [4.69, 9.17) is 4.74 Å². The highest BCUT2D eigenvalue weighted by Crippen LogP contribution is 2.20. The Bertz CT molecular complexity index is 218. The number of likely N-dealkylation sites (N-methyl/N-ethyl adjacent to an activating group) is 1. The Labute approximate surface area is 106 Å². The molecule has 0 radical (unpaired) electrons. The molecule has 0 aromatic carbocycles. The van der Waals surface area contributed by atoms with Gasteiger partial charge in [-0.15, -0.1) is 0 Å². The summed E-state index contributed by atoms with van der Waals surface area (Å²) in [6.07, 6.45) is 5.44. The van der Waals surface area contributed by atoms with Gasteiger partial charge in [0.15, 0.2) is 0 Å². The second-order valence-corrected chi connectivity index (χ2v) is 4.85. The van der Waals surface area contributed by atoms with Crippen LogP contribution < -0.4 is 0 Å². The van der Waals surface area contributed by atoms with Gasteiger partial charge >= 0.3 is 0 Å². The first-order valence-corrected chi connectivity index (χ1v) is 7.10. The molecule has 1 saturated carbocycles. The van der Waals surface area contributed by atoms with E-state index in [0.29, 0.717) is 5.78 Å². The van der Waals surface area contributed by atoms with Crippen molar-refractivity contribution in [2.75, 3.05) is 32.8 Å². The first-order valence-electron chi connectivity index (χ1n) is 7.10. The summed E-state index contributed by atoms with van der Waals surface area (Å²) in [5, 5.41) is 0. The van der Waals surface area contributed by atoms with Crippen LogP contribution in [0, 0.1) is 5.92 Å². The minimum absolute atomic E-state index is 0.277. The number of ether oxygens (including phenoxy) is 1. The zero-order valence-corrected chi connectivity index (χ0v) is 11.4. The molecule has 100 valence electrons. The Kier molecular flexibility index (Phi) is 7.45. The molecule has 3 nitrogen and oxygen atoms in total. The molecule has 0 saturated heterocycles. The maximum Gasteiger partial charge on any atom is 0.137 e. The number of rotatable bonds is 7. The quantitative estimate of drug-likeness (QED) is 0.506. The van der Waals surface area contributed by atoms with E-state index in [2.05, 4.69) is 11.8 Å². The number of carbonyl (C=O) groups excluding carboxylic acids is 1. The fourth-order valence-electron chi connectivity index (χ4n) is 2.45. The molecule has 1 unspecified atom stereocenters. The van der Waals surface area contributed by atoms with E-state index in [0.717, 1.165) is 52.1 Å². The Hall–Kier alpha value is -0.410. The SMILES string of the molecule is CCOCCN(CC)CC1CCCCCC1=O. The molecule has 1 atom stereocenters. The van der Waals surface area contributed by atoms with Crippen molar-refractivity contribution in [1.29, 1.82) is 0 Å². The Morgan fingerprint density at radius 3 is 2.82 bits per heavy atom. The normalized spacial score (nSPS) is 21.8. The molecule has 1 rings (SSSR count). The van der Waals surface area contributed by atoms with Gasteiger partial charge in [0.1, 0.15) is 5.78 Å². The highest BCUT2D eigenvalue weighted by molar-refractivity contribution is 5.81. The zero-order valence-electron chi connectivity index (χ0n) is 11.4. The molecular formula is C14H27NO2. The second-order valence-electron chi connectivity index (χ2n) is 4.85. The maximum atomic E-state index is 11.9. The number of carbonyl (C=O) groups is 1. The molecule has 0 aliphatic heterocycles. The minimum atomic E-state index is 0.277. The average Bonchev–Trinajstić information content (AvgIpc) is 2.53. The average molecular weight is 241 g/mol. The summed E-state index contributed by atoms with van der Waals surface area (Å²) >= 11 is 0. The van der Waals surface area contributed by atoms with Crippen LogP contribution in [0.4, 0.5) is 0 Å². The first-order chi connectivity index (χ1) is 8.27. The summed E-state index contributed by atoms with van der Waals surface area (Å²) < 4.78 is 5.38. The third-order valence-corrected chi connectivity index (χ3v) is 3.61. The van der Waals surface area contributed by atoms with Crippen LogP contribution in [0.5, 0.6) is 0 Å². The molecule has 3 heteroatoms. The van der Waals surface area contributed by atoms with E-state index in [-0.39, 0.29) is 5.92 Å². The standard InChI is InChI=1S/C14H27NO2/c1-3-15(10-11-17-4-2)12-13-8-6-5-7-9-14(13)16/h13H,3-12H2,1-2H3. The molecule has 0 amide bonds. The predicted octanol–water partition coefficient (Wildman–Crippen LogP) is 2.49. The van der Waals surface area contributed by atoms with Gasteiger partial charge in [-0.1, -0.05) is 19.8 Å². The van der Waals surface area contributed by atoms with E-state index in [1.165, 1.54) is 12.8 Å². The number of nitrogens with zero attached hydrogens (tertiary/aromatic N) is 1. The fourth-order valence-corrected chi connectivity index (χ4v) is 2.45. The number of Topliss-reactive ketones (excluding diaryl/α,β-unsaturated/α-hetero) is 1. The first kappa shape index (κ1) is 14.7. The monoisotopic (exact) mass is 241 g/mol. The lowest BCUT2D eigenvalue weighted by Crippen LogP contribution is -2.35. The van der Waals surface area contributed by atoms with Crippen molar-refractivity contribution in [3.8, 4) is 0 Å². The molecule has 0 heterocycles. The van der Waals surface area contributed by atoms with Gasteiger partial charge in [0.05, 0.1) is 6.61 Å². The molecule has 0 aromatic rings. The summed E-state index contributed by atoms with van der Waals surface area (Å²) in [5.41, 5.74) is 0. The maximum absolute atomic E-state index is 11.9. The van der Waals surface area contributed by atoms with Gasteiger partial charge in [-0.25, -0.2) is 0 Å². The van der Waals surface area contributed by atoms with Gasteiger partial charge in [0, 0.05) is 32.0 Å². The van der Waals surface area contributed by atoms with E-state index in [9.17, 15) is 4.79 Å². The number of ketones is 1. The summed E-state index contributed by atoms with van der Waals surface area (Å²) in [6, 6.07) is 0. The van der Waals surface area contributed by atoms with Crippen molar-refractivity contribution in [3.05, 3.63) is 0 Å². The van der Waals surface area contributed by atoms with Crippen LogP contribution in [-0.2, 0) is 9.53 Å². The zero-order chi connectivity index (χ0) is 12.5. The summed E-state index contributed by atoms with van der Waals surface area (Å²) in [6.45, 7) is 8.64. The van der Waals surface area contributed by atoms with Crippen molar-refractivity contribution >= 4 is 5.78 Å². The van der Waals surface area contributed by atoms with Crippen molar-refractivity contribution in [1.82, 2.24) is 4.90 Å². The van der Waals surface area contributed by atoms with E-state index in [1.807, 2.05) is 6.92 Å². The van der Waals surface area contributed by atoms with E-state index >= 15 is 0 Å². The van der Waals surface area contributed by atoms with Gasteiger partial charge in [-0.2, -0.15) is 0 Å². The van der Waals surface area contributed by atoms with E-state index < -0.39 is 0 Å². The number of hydrogen-bond donors (Lipinski definition) is 0. The Morgan fingerprint density at radius 2 is 2.12 bits per heavy atom. The third-order valence-electron chi connectivity index (χ3n) is 3.61. The largest absolute Gasteiger partial charge is 0.380 e. The van der Waals surface area contributed by atoms with Gasteiger partial charge in [-0.05, 0) is 26.3 Å². The molecule has 1 aliphatic rings. The third kappa shape index (κ3) is 5.64. The minimum Gasteiger partial charge on any atom is -0.380 e. The molecule has 0 bridgehead atoms. The van der Waals surface area contributed by atoms with Crippen molar-refractivity contribution in [3.63, 3.8) is 0 Å².